The van der Waals surface area contributed by atoms with Crippen LogP contribution in [0.15, 0.2) is 12.2 Å². The van der Waals surface area contributed by atoms with Crippen molar-refractivity contribution in [3.63, 3.8) is 0 Å². The van der Waals surface area contributed by atoms with Crippen LogP contribution >= 0.6 is 0 Å². The number of aliphatic carboxylic acids is 3. The Morgan fingerprint density at radius 3 is 1.26 bits per heavy atom. The molecule has 7 nitrogen and oxygen atoms in total. The quantitative estimate of drug-likeness (QED) is 0.0699. The van der Waals surface area contributed by atoms with E-state index in [9.17, 15) is 14.4 Å². The predicted molar refractivity (Wildman–Crippen MR) is 141 cm³/mol. The molecule has 0 aromatic carbocycles. The molecular weight excluding hydrogens is 446 g/mol. The molecular formula is C28H52NO6+. The first kappa shape index (κ1) is 33.1. The summed E-state index contributed by atoms with van der Waals surface area (Å²) in [5.74, 6) is -2.48. The molecule has 0 unspecified atom stereocenters. The minimum absolute atomic E-state index is 0.0883. The van der Waals surface area contributed by atoms with Crippen LogP contribution in [0.25, 0.3) is 0 Å². The van der Waals surface area contributed by atoms with Crippen molar-refractivity contribution in [2.24, 2.45) is 0 Å². The fourth-order valence-electron chi connectivity index (χ4n) is 4.71. The molecule has 35 heavy (non-hydrogen) atoms. The van der Waals surface area contributed by atoms with Gasteiger partial charge in [-0.1, -0.05) is 57.6 Å². The van der Waals surface area contributed by atoms with Crippen LogP contribution in [0, 0.1) is 0 Å². The van der Waals surface area contributed by atoms with Crippen LogP contribution in [0.3, 0.4) is 0 Å². The summed E-state index contributed by atoms with van der Waals surface area (Å²) in [6.45, 7) is 5.08. The lowest BCUT2D eigenvalue weighted by Crippen LogP contribution is -2.51. The van der Waals surface area contributed by atoms with Crippen LogP contribution in [0.1, 0.15) is 122 Å². The summed E-state index contributed by atoms with van der Waals surface area (Å²) in [5, 5.41) is 27.1. The molecule has 0 radical (unpaired) electrons. The molecule has 0 spiro atoms. The number of carboxylic acid groups (broad SMARTS) is 3. The molecule has 7 heteroatoms. The Bertz CT molecular complexity index is 540. The van der Waals surface area contributed by atoms with E-state index in [4.69, 9.17) is 15.3 Å². The topological polar surface area (TPSA) is 112 Å². The van der Waals surface area contributed by atoms with Crippen LogP contribution < -0.4 is 0 Å². The number of hydrogen-bond donors (Lipinski definition) is 3. The van der Waals surface area contributed by atoms with Gasteiger partial charge in [0.1, 0.15) is 0 Å². The standard InChI is InChI=1S/C28H51NO6/c1-2-3-4-5-6-7-8-9-10-11-12-13-14-15-22-29(23-16-19-26(30)31,24-17-20-27(32)33)25-18-21-28(34)35/h7-8H,2-6,9-25H2,1H3,(H2-,30,31,32,33,34,35)/p+1/b8-7+. The number of unbranched alkanes of at least 4 members (excludes halogenated alkanes) is 10. The van der Waals surface area contributed by atoms with Crippen molar-refractivity contribution in [1.82, 2.24) is 0 Å². The second-order valence-corrected chi connectivity index (χ2v) is 9.96. The van der Waals surface area contributed by atoms with Crippen molar-refractivity contribution in [3.05, 3.63) is 12.2 Å². The Morgan fingerprint density at radius 1 is 0.514 bits per heavy atom. The number of nitrogens with zero attached hydrogens (tertiary/aromatic N) is 1. The van der Waals surface area contributed by atoms with E-state index < -0.39 is 17.9 Å². The van der Waals surface area contributed by atoms with Crippen LogP contribution in [-0.2, 0) is 14.4 Å². The molecule has 0 amide bonds. The second kappa shape index (κ2) is 22.6. The predicted octanol–water partition coefficient (Wildman–Crippen LogP) is 6.65. The Morgan fingerprint density at radius 2 is 0.857 bits per heavy atom. The summed E-state index contributed by atoms with van der Waals surface area (Å²) >= 11 is 0. The summed E-state index contributed by atoms with van der Waals surface area (Å²) in [7, 11) is 0. The van der Waals surface area contributed by atoms with E-state index in [0.29, 0.717) is 43.4 Å². The lowest BCUT2D eigenvalue weighted by Gasteiger charge is -2.39. The molecule has 0 aromatic rings. The van der Waals surface area contributed by atoms with Gasteiger partial charge in [0.05, 0.1) is 45.4 Å². The molecule has 204 valence electrons. The number of carbonyl (C=O) groups is 3. The van der Waals surface area contributed by atoms with E-state index in [0.717, 1.165) is 25.8 Å². The molecule has 0 aliphatic heterocycles. The Labute approximate surface area is 213 Å². The SMILES string of the molecule is CCCCCC/C=C/CCCCCCCC[N+](CCCC(=O)O)(CCCC(=O)O)CCCC(=O)O. The summed E-state index contributed by atoms with van der Waals surface area (Å²) < 4.78 is 0.636. The number of allylic oxidation sites excluding steroid dienone is 2. The average molecular weight is 499 g/mol. The molecule has 0 aliphatic rings. The maximum Gasteiger partial charge on any atom is 0.303 e. The van der Waals surface area contributed by atoms with Crippen LogP contribution in [-0.4, -0.2) is 63.9 Å². The molecule has 0 saturated heterocycles. The highest BCUT2D eigenvalue weighted by Gasteiger charge is 2.27. The summed E-state index contributed by atoms with van der Waals surface area (Å²) in [4.78, 5) is 33.1. The molecule has 0 aliphatic carbocycles. The zero-order chi connectivity index (χ0) is 26.2. The maximum absolute atomic E-state index is 11.0. The molecule has 3 N–H and O–H groups in total. The first-order chi connectivity index (χ1) is 16.8. The zero-order valence-corrected chi connectivity index (χ0v) is 22.2. The van der Waals surface area contributed by atoms with Crippen molar-refractivity contribution in [3.8, 4) is 0 Å². The Kier molecular flexibility index (Phi) is 21.3. The minimum atomic E-state index is -0.828. The molecule has 0 fully saturated rings. The minimum Gasteiger partial charge on any atom is -0.481 e. The zero-order valence-electron chi connectivity index (χ0n) is 22.2. The maximum atomic E-state index is 11.0. The lowest BCUT2D eigenvalue weighted by molar-refractivity contribution is -0.929. The highest BCUT2D eigenvalue weighted by atomic mass is 16.4. The van der Waals surface area contributed by atoms with Gasteiger partial charge in [0.25, 0.3) is 0 Å². The number of rotatable bonds is 26. The van der Waals surface area contributed by atoms with E-state index in [-0.39, 0.29) is 19.3 Å². The van der Waals surface area contributed by atoms with Gasteiger partial charge in [0.2, 0.25) is 0 Å². The number of carboxylic acids is 3. The lowest BCUT2D eigenvalue weighted by atomic mass is 10.1. The molecule has 0 saturated carbocycles. The first-order valence-electron chi connectivity index (χ1n) is 14.0. The van der Waals surface area contributed by atoms with Crippen molar-refractivity contribution in [1.29, 1.82) is 0 Å². The molecule has 0 rings (SSSR count). The summed E-state index contributed by atoms with van der Waals surface area (Å²) in [5.41, 5.74) is 0. The van der Waals surface area contributed by atoms with Gasteiger partial charge in [-0.2, -0.15) is 0 Å². The van der Waals surface area contributed by atoms with Crippen molar-refractivity contribution in [2.45, 2.75) is 122 Å². The summed E-state index contributed by atoms with van der Waals surface area (Å²) in [6, 6.07) is 0. The third kappa shape index (κ3) is 22.3. The Hall–Kier alpha value is -1.89. The molecule has 0 aromatic heterocycles. The average Bonchev–Trinajstić information content (AvgIpc) is 2.78. The van der Waals surface area contributed by atoms with Crippen LogP contribution in [0.5, 0.6) is 0 Å². The van der Waals surface area contributed by atoms with Crippen LogP contribution in [0.4, 0.5) is 0 Å². The number of hydrogen-bond acceptors (Lipinski definition) is 3. The molecule has 0 atom stereocenters. The smallest absolute Gasteiger partial charge is 0.303 e. The molecule has 0 heterocycles. The van der Waals surface area contributed by atoms with Crippen molar-refractivity contribution in [2.75, 3.05) is 26.2 Å². The highest BCUT2D eigenvalue weighted by Crippen LogP contribution is 2.18. The van der Waals surface area contributed by atoms with E-state index in [1.54, 1.807) is 0 Å². The van der Waals surface area contributed by atoms with Gasteiger partial charge >= 0.3 is 17.9 Å². The molecule has 0 bridgehead atoms. The Balaban J connectivity index is 4.42. The monoisotopic (exact) mass is 498 g/mol. The van der Waals surface area contributed by atoms with Crippen molar-refractivity contribution < 1.29 is 34.2 Å². The van der Waals surface area contributed by atoms with Gasteiger partial charge in [-0.3, -0.25) is 14.4 Å². The first-order valence-corrected chi connectivity index (χ1v) is 14.0. The van der Waals surface area contributed by atoms with Gasteiger partial charge in [-0.25, -0.2) is 0 Å². The summed E-state index contributed by atoms with van der Waals surface area (Å²) in [6.07, 6.45) is 21.0. The van der Waals surface area contributed by atoms with Crippen LogP contribution in [0.2, 0.25) is 0 Å². The fourth-order valence-corrected chi connectivity index (χ4v) is 4.71. The van der Waals surface area contributed by atoms with Gasteiger partial charge in [0.15, 0.2) is 0 Å². The van der Waals surface area contributed by atoms with E-state index in [1.807, 2.05) is 0 Å². The fraction of sp³-hybridized carbons (Fsp3) is 0.821. The second-order valence-electron chi connectivity index (χ2n) is 9.96. The largest absolute Gasteiger partial charge is 0.481 e. The van der Waals surface area contributed by atoms with Gasteiger partial charge in [-0.05, 0) is 38.5 Å². The van der Waals surface area contributed by atoms with E-state index in [1.165, 1.54) is 57.8 Å². The normalized spacial score (nSPS) is 11.8. The third-order valence-electron chi connectivity index (χ3n) is 6.71. The number of quaternary nitrogens is 1. The van der Waals surface area contributed by atoms with E-state index in [2.05, 4.69) is 19.1 Å². The van der Waals surface area contributed by atoms with Gasteiger partial charge in [-0.15, -0.1) is 0 Å². The van der Waals surface area contributed by atoms with Gasteiger partial charge in [0, 0.05) is 19.3 Å². The van der Waals surface area contributed by atoms with Gasteiger partial charge < -0.3 is 19.8 Å². The van der Waals surface area contributed by atoms with E-state index >= 15 is 0 Å². The highest BCUT2D eigenvalue weighted by molar-refractivity contribution is 5.67. The third-order valence-corrected chi connectivity index (χ3v) is 6.71. The van der Waals surface area contributed by atoms with Crippen molar-refractivity contribution >= 4 is 17.9 Å².